The lowest BCUT2D eigenvalue weighted by Gasteiger charge is -2.22. The molecule has 29 nitrogen and oxygen atoms in total. The highest BCUT2D eigenvalue weighted by molar-refractivity contribution is 7.54. The van der Waals surface area contributed by atoms with Crippen molar-refractivity contribution in [2.24, 2.45) is 0 Å². The standard InChI is InChI=1S/C38H63N4O5P.C36H60N5O6P.C31H57N4O5P/c1-4-6-7-8-9-10-11-12-13-14-15-16-17-18-19-23-26-44-27-28-46-48(43,47-30-35-24-21-20-22-25-35)33-45-36(5-2)29-42-32-41-37-34(3)39-31-40-38(37)42;1-2-3-4-5-6-7-8-9-10-11-12-13-14-15-16-20-23-44-24-25-46-48(43,47-28-32-21-18-17-19-22-32)31-45-33(27-42)26-41-30-40-34-35(37)38-29-39-36(34)41;1-4-6-7-8-9-10-11-12-13-14-15-16-17-18-19-20-21-38-22-23-40-41(36,37)27-39-29(5-2)24-35-26-34-30-28(3)32-25-33-31(30)35/h20-22,24-25,31-32,36H,4-19,23,26-30,33H2,1-3H3;17-19,21-22,29-30,33,42H,2-16,20,23-28,31H2,1H3,(H2,37,38,39);25-26,29H,4-24,27H2,1-3H3,(H,36,37)/t36-,48?;33-,48?;29-/m101/s1. The number of aliphatic hydroxyl groups is 1. The van der Waals surface area contributed by atoms with Gasteiger partial charge in [0, 0.05) is 19.8 Å². The van der Waals surface area contributed by atoms with Gasteiger partial charge in [-0.15, -0.1) is 0 Å². The largest absolute Gasteiger partial charge is 0.394 e. The lowest BCUT2D eigenvalue weighted by Crippen LogP contribution is -2.25. The first-order chi connectivity index (χ1) is 67.1. The minimum atomic E-state index is -3.85. The van der Waals surface area contributed by atoms with Crippen molar-refractivity contribution in [2.75, 3.05) is 90.8 Å². The van der Waals surface area contributed by atoms with E-state index in [-0.39, 0.29) is 83.3 Å². The number of anilines is 1. The molecule has 6 heterocycles. The quantitative estimate of drug-likeness (QED) is 0.0235. The molecule has 137 heavy (non-hydrogen) atoms. The number of aryl methyl sites for hydroxylation is 2. The highest BCUT2D eigenvalue weighted by Gasteiger charge is 2.31. The maximum Gasteiger partial charge on any atom is 0.356 e. The van der Waals surface area contributed by atoms with E-state index in [1.807, 2.05) is 97.5 Å². The van der Waals surface area contributed by atoms with Gasteiger partial charge in [0.1, 0.15) is 54.6 Å². The minimum Gasteiger partial charge on any atom is -0.394 e. The Kier molecular flexibility index (Phi) is 67.9. The van der Waals surface area contributed by atoms with E-state index < -0.39 is 28.9 Å². The molecule has 4 N–H and O–H groups in total. The van der Waals surface area contributed by atoms with Gasteiger partial charge in [-0.25, -0.2) is 44.9 Å². The van der Waals surface area contributed by atoms with Crippen molar-refractivity contribution in [1.29, 1.82) is 0 Å². The second-order valence-corrected chi connectivity index (χ2v) is 42.5. The van der Waals surface area contributed by atoms with Crippen molar-refractivity contribution in [3.8, 4) is 0 Å². The Morgan fingerprint density at radius 1 is 0.314 bits per heavy atom. The van der Waals surface area contributed by atoms with Crippen molar-refractivity contribution in [3.05, 3.63) is 121 Å². The highest BCUT2D eigenvalue weighted by atomic mass is 31.2. The van der Waals surface area contributed by atoms with Crippen LogP contribution in [0.5, 0.6) is 0 Å². The van der Waals surface area contributed by atoms with Gasteiger partial charge in [0.15, 0.2) is 22.8 Å². The molecule has 0 radical (unpaired) electrons. The molecule has 3 unspecified atom stereocenters. The van der Waals surface area contributed by atoms with E-state index in [0.717, 1.165) is 70.5 Å². The molecule has 0 saturated carbocycles. The number of imidazole rings is 3. The molecule has 0 aliphatic heterocycles. The summed E-state index contributed by atoms with van der Waals surface area (Å²) in [6, 6.07) is 19.2. The topological polar surface area (TPSA) is 350 Å². The smallest absolute Gasteiger partial charge is 0.356 e. The third-order valence-electron chi connectivity index (χ3n) is 24.8. The first-order valence-corrected chi connectivity index (χ1v) is 58.4. The summed E-state index contributed by atoms with van der Waals surface area (Å²) in [7, 11) is -11.1. The van der Waals surface area contributed by atoms with E-state index in [2.05, 4.69) is 65.6 Å². The summed E-state index contributed by atoms with van der Waals surface area (Å²) in [5, 5.41) is 10.00. The number of aliphatic hydroxyl groups excluding tert-OH is 1. The number of nitrogen functional groups attached to an aromatic ring is 1. The van der Waals surface area contributed by atoms with Gasteiger partial charge in [-0.3, -0.25) is 13.7 Å². The number of unbranched alkanes of at least 4 members (excludes halogenated alkanes) is 45. The number of aromatic nitrogens is 12. The van der Waals surface area contributed by atoms with Gasteiger partial charge < -0.3 is 80.5 Å². The molecule has 0 spiro atoms. The molecule has 0 aliphatic rings. The Balaban J connectivity index is 0.000000317. The molecular weight excluding hydrogens is 1790 g/mol. The van der Waals surface area contributed by atoms with E-state index in [1.165, 1.54) is 295 Å². The Bertz CT molecular complexity index is 4190. The number of hydrogen-bond donors (Lipinski definition) is 3. The molecule has 32 heteroatoms. The highest BCUT2D eigenvalue weighted by Crippen LogP contribution is 2.51. The van der Waals surface area contributed by atoms with Crippen LogP contribution in [-0.2, 0) is 97.6 Å². The number of benzene rings is 2. The van der Waals surface area contributed by atoms with Crippen LogP contribution in [0.4, 0.5) is 5.82 Å². The Labute approximate surface area is 823 Å². The Morgan fingerprint density at radius 3 is 0.912 bits per heavy atom. The van der Waals surface area contributed by atoms with Crippen LogP contribution in [0.25, 0.3) is 33.5 Å². The van der Waals surface area contributed by atoms with Crippen molar-refractivity contribution >= 4 is 62.1 Å². The van der Waals surface area contributed by atoms with E-state index in [9.17, 15) is 23.7 Å². The zero-order valence-corrected chi connectivity index (χ0v) is 88.1. The Hall–Kier alpha value is -5.94. The summed E-state index contributed by atoms with van der Waals surface area (Å²) in [6.45, 7) is 19.2. The predicted octanol–water partition coefficient (Wildman–Crippen LogP) is 27.4. The third-order valence-corrected chi connectivity index (χ3v) is 29.0. The number of ether oxygens (including phenoxy) is 6. The normalized spacial score (nSPS) is 13.8. The zero-order valence-electron chi connectivity index (χ0n) is 85.4. The van der Waals surface area contributed by atoms with Gasteiger partial charge in [-0.2, -0.15) is 0 Å². The van der Waals surface area contributed by atoms with Crippen LogP contribution in [0.15, 0.2) is 98.6 Å². The fraction of sp³-hybridized carbons (Fsp3) is 0.743. The zero-order chi connectivity index (χ0) is 97.9. The molecule has 8 rings (SSSR count). The van der Waals surface area contributed by atoms with E-state index in [4.69, 9.17) is 56.8 Å². The lowest BCUT2D eigenvalue weighted by atomic mass is 10.0. The number of nitrogens with zero attached hydrogens (tertiary/aromatic N) is 12. The fourth-order valence-corrected chi connectivity index (χ4v) is 19.8. The van der Waals surface area contributed by atoms with E-state index in [1.54, 1.807) is 29.9 Å². The van der Waals surface area contributed by atoms with Crippen molar-refractivity contribution < 1.29 is 74.7 Å². The van der Waals surface area contributed by atoms with Crippen LogP contribution in [0.2, 0.25) is 0 Å². The molecule has 8 aromatic rings. The maximum absolute atomic E-state index is 13.8. The van der Waals surface area contributed by atoms with Crippen LogP contribution in [0.3, 0.4) is 0 Å². The first-order valence-electron chi connectivity index (χ1n) is 53.2. The number of fused-ring (bicyclic) bond motifs is 3. The van der Waals surface area contributed by atoms with Crippen molar-refractivity contribution in [2.45, 2.75) is 421 Å². The molecule has 0 amide bonds. The maximum atomic E-state index is 13.8. The van der Waals surface area contributed by atoms with Gasteiger partial charge in [0.25, 0.3) is 0 Å². The lowest BCUT2D eigenvalue weighted by molar-refractivity contribution is 0.0124. The molecule has 6 aromatic heterocycles. The first kappa shape index (κ1) is 120. The average Bonchev–Trinajstić information content (AvgIpc) is 1.68. The van der Waals surface area contributed by atoms with Gasteiger partial charge >= 0.3 is 22.8 Å². The average molecular weight is 1970 g/mol. The summed E-state index contributed by atoms with van der Waals surface area (Å²) in [6.07, 6.45) is 73.1. The van der Waals surface area contributed by atoms with Crippen LogP contribution in [0.1, 0.15) is 378 Å². The summed E-state index contributed by atoms with van der Waals surface area (Å²) >= 11 is 0. The van der Waals surface area contributed by atoms with Crippen LogP contribution >= 0.6 is 22.8 Å². The number of hydrogen-bond acceptors (Lipinski definition) is 25. The molecule has 0 fully saturated rings. The Morgan fingerprint density at radius 2 is 0.591 bits per heavy atom. The molecule has 2 aromatic carbocycles. The van der Waals surface area contributed by atoms with Crippen LogP contribution in [-0.4, -0.2) is 172 Å². The molecular formula is C105H180N13O16P3. The van der Waals surface area contributed by atoms with Gasteiger partial charge in [0.2, 0.25) is 0 Å². The minimum absolute atomic E-state index is 0.0785. The number of nitrogens with two attached hydrogens (primary N) is 1. The molecule has 0 aliphatic carbocycles. The monoisotopic (exact) mass is 1970 g/mol. The summed E-state index contributed by atoms with van der Waals surface area (Å²) < 4.78 is 109. The second kappa shape index (κ2) is 77.6. The SMILES string of the molecule is CCCCCCCCCCCCCCCCCCOCCOP(=O)(CO[C@H](CC)Cn1cnc2c(C)ncnc21)OCc1ccccc1.CCCCCCCCCCCCCCCCCCOCCOP(=O)(CO[C@H](CO)Cn1cnc2c(N)ncnc21)OCc1ccccc1.CCCCCCCCCCCCCCCCCCOCCOP(=O)(O)CO[C@H](CC)Cn1cnc2c(C)ncnc21. The molecule has 0 saturated heterocycles. The van der Waals surface area contributed by atoms with Crippen LogP contribution < -0.4 is 5.73 Å². The van der Waals surface area contributed by atoms with Gasteiger partial charge in [-0.1, -0.05) is 384 Å². The van der Waals surface area contributed by atoms with Gasteiger partial charge in [0.05, 0.1) is 128 Å². The van der Waals surface area contributed by atoms with Crippen molar-refractivity contribution in [1.82, 2.24) is 58.6 Å². The molecule has 0 bridgehead atoms. The molecule has 6 atom stereocenters. The summed E-state index contributed by atoms with van der Waals surface area (Å²) in [5.41, 5.74) is 13.3. The van der Waals surface area contributed by atoms with Gasteiger partial charge in [-0.05, 0) is 57.1 Å². The van der Waals surface area contributed by atoms with Crippen LogP contribution in [0, 0.1) is 13.8 Å². The number of rotatable bonds is 87. The van der Waals surface area contributed by atoms with E-state index >= 15 is 0 Å². The van der Waals surface area contributed by atoms with E-state index in [0.29, 0.717) is 76.7 Å². The second-order valence-electron chi connectivity index (χ2n) is 36.8. The summed E-state index contributed by atoms with van der Waals surface area (Å²) in [5.74, 6) is 0.268. The summed E-state index contributed by atoms with van der Waals surface area (Å²) in [4.78, 5) is 48.5. The third kappa shape index (κ3) is 55.5. The fourth-order valence-electron chi connectivity index (χ4n) is 16.3. The molecule has 776 valence electrons. The predicted molar refractivity (Wildman–Crippen MR) is 553 cm³/mol. The van der Waals surface area contributed by atoms with Crippen molar-refractivity contribution in [3.63, 3.8) is 0 Å².